The molecule has 0 spiro atoms. The maximum Gasteiger partial charge on any atom is 0.152 e. The Morgan fingerprint density at radius 2 is 1.73 bits per heavy atom. The van der Waals surface area contributed by atoms with Gasteiger partial charge in [0.1, 0.15) is 0 Å². The maximum absolute atomic E-state index is 5.77. The number of benzene rings is 2. The van der Waals surface area contributed by atoms with Crippen molar-refractivity contribution in [3.8, 4) is 11.5 Å². The van der Waals surface area contributed by atoms with E-state index in [1.807, 2.05) is 42.5 Å². The van der Waals surface area contributed by atoms with Gasteiger partial charge in [-0.2, -0.15) is 0 Å². The molecule has 0 unspecified atom stereocenters. The lowest BCUT2D eigenvalue weighted by atomic mass is 10.2. The van der Waals surface area contributed by atoms with Gasteiger partial charge >= 0.3 is 0 Å². The van der Waals surface area contributed by atoms with Gasteiger partial charge in [0.2, 0.25) is 0 Å². The molecule has 3 rings (SSSR count). The van der Waals surface area contributed by atoms with Gasteiger partial charge in [-0.1, -0.05) is 28.1 Å². The molecule has 3 heteroatoms. The van der Waals surface area contributed by atoms with Crippen molar-refractivity contribution in [1.82, 2.24) is 0 Å². The Labute approximate surface area is 96.0 Å². The summed E-state index contributed by atoms with van der Waals surface area (Å²) in [4.78, 5) is 0. The lowest BCUT2D eigenvalue weighted by molar-refractivity contribution is 0.481. The number of nitrogens with one attached hydrogen (secondary N) is 1. The van der Waals surface area contributed by atoms with Gasteiger partial charge in [-0.15, -0.1) is 0 Å². The summed E-state index contributed by atoms with van der Waals surface area (Å²) < 4.78 is 6.78. The molecule has 0 radical (unpaired) electrons. The Balaban J connectivity index is 2.11. The summed E-state index contributed by atoms with van der Waals surface area (Å²) >= 11 is 3.42. The Hall–Kier alpha value is -1.48. The van der Waals surface area contributed by atoms with E-state index in [1.54, 1.807) is 0 Å². The van der Waals surface area contributed by atoms with E-state index in [0.29, 0.717) is 0 Å². The zero-order valence-corrected chi connectivity index (χ0v) is 9.41. The third kappa shape index (κ3) is 1.49. The first kappa shape index (κ1) is 8.80. The van der Waals surface area contributed by atoms with E-state index < -0.39 is 0 Å². The Bertz CT molecular complexity index is 525. The number of para-hydroxylation sites is 2. The van der Waals surface area contributed by atoms with Crippen molar-refractivity contribution in [1.29, 1.82) is 0 Å². The standard InChI is InChI=1S/C12H8BrNO/c13-8-5-6-10-12(7-8)15-11-4-2-1-3-9(11)14-10/h1-7,14H. The highest BCUT2D eigenvalue weighted by atomic mass is 79.9. The SMILES string of the molecule is Brc1ccc2c(c1)Oc1ccccc1N2. The Morgan fingerprint density at radius 3 is 2.67 bits per heavy atom. The molecule has 0 fully saturated rings. The molecule has 15 heavy (non-hydrogen) atoms. The molecule has 1 aliphatic rings. The summed E-state index contributed by atoms with van der Waals surface area (Å²) in [5, 5.41) is 3.32. The van der Waals surface area contributed by atoms with Crippen molar-refractivity contribution in [3.05, 3.63) is 46.9 Å². The maximum atomic E-state index is 5.77. The zero-order chi connectivity index (χ0) is 10.3. The number of hydrogen-bond donors (Lipinski definition) is 1. The van der Waals surface area contributed by atoms with E-state index >= 15 is 0 Å². The molecule has 2 nitrogen and oxygen atoms in total. The van der Waals surface area contributed by atoms with Gasteiger partial charge in [-0.05, 0) is 30.3 Å². The van der Waals surface area contributed by atoms with Crippen molar-refractivity contribution < 1.29 is 4.74 Å². The van der Waals surface area contributed by atoms with Crippen molar-refractivity contribution >= 4 is 27.3 Å². The summed E-state index contributed by atoms with van der Waals surface area (Å²) in [6.07, 6.45) is 0. The largest absolute Gasteiger partial charge is 0.453 e. The molecule has 1 aliphatic heterocycles. The lowest BCUT2D eigenvalue weighted by Crippen LogP contribution is -2.01. The van der Waals surface area contributed by atoms with E-state index in [4.69, 9.17) is 4.74 Å². The van der Waals surface area contributed by atoms with Crippen molar-refractivity contribution in [3.63, 3.8) is 0 Å². The fourth-order valence-electron chi connectivity index (χ4n) is 1.61. The van der Waals surface area contributed by atoms with Gasteiger partial charge in [0, 0.05) is 4.47 Å². The number of halogens is 1. The van der Waals surface area contributed by atoms with Crippen molar-refractivity contribution in [2.45, 2.75) is 0 Å². The molecule has 1 heterocycles. The highest BCUT2D eigenvalue weighted by Crippen LogP contribution is 2.42. The van der Waals surface area contributed by atoms with Crippen LogP contribution in [0.4, 0.5) is 11.4 Å². The highest BCUT2D eigenvalue weighted by molar-refractivity contribution is 9.10. The van der Waals surface area contributed by atoms with Crippen LogP contribution in [0.15, 0.2) is 46.9 Å². The van der Waals surface area contributed by atoms with E-state index in [9.17, 15) is 0 Å². The number of rotatable bonds is 0. The van der Waals surface area contributed by atoms with Crippen LogP contribution < -0.4 is 10.1 Å². The van der Waals surface area contributed by atoms with Gasteiger partial charge in [-0.3, -0.25) is 0 Å². The van der Waals surface area contributed by atoms with Crippen LogP contribution in [-0.4, -0.2) is 0 Å². The monoisotopic (exact) mass is 261 g/mol. The minimum Gasteiger partial charge on any atom is -0.453 e. The summed E-state index contributed by atoms with van der Waals surface area (Å²) in [5.41, 5.74) is 2.00. The third-order valence-corrected chi connectivity index (χ3v) is 2.81. The molecule has 0 aromatic heterocycles. The predicted molar refractivity (Wildman–Crippen MR) is 63.9 cm³/mol. The fraction of sp³-hybridized carbons (Fsp3) is 0. The predicted octanol–water partition coefficient (Wildman–Crippen LogP) is 4.30. The van der Waals surface area contributed by atoms with Crippen LogP contribution >= 0.6 is 15.9 Å². The smallest absolute Gasteiger partial charge is 0.152 e. The third-order valence-electron chi connectivity index (χ3n) is 2.32. The van der Waals surface area contributed by atoms with E-state index in [-0.39, 0.29) is 0 Å². The molecule has 74 valence electrons. The van der Waals surface area contributed by atoms with Gasteiger partial charge in [-0.25, -0.2) is 0 Å². The Kier molecular flexibility index (Phi) is 1.92. The van der Waals surface area contributed by atoms with Crippen LogP contribution in [0.1, 0.15) is 0 Å². The van der Waals surface area contributed by atoms with Crippen LogP contribution in [0.3, 0.4) is 0 Å². The molecule has 2 aromatic rings. The first-order valence-electron chi connectivity index (χ1n) is 4.66. The number of hydrogen-bond acceptors (Lipinski definition) is 2. The lowest BCUT2D eigenvalue weighted by Gasteiger charge is -2.21. The second-order valence-corrected chi connectivity index (χ2v) is 4.28. The molecule has 0 atom stereocenters. The quantitative estimate of drug-likeness (QED) is 0.652. The van der Waals surface area contributed by atoms with E-state index in [0.717, 1.165) is 27.3 Å². The minimum atomic E-state index is 0.850. The first-order valence-corrected chi connectivity index (χ1v) is 5.46. The van der Waals surface area contributed by atoms with Gasteiger partial charge < -0.3 is 10.1 Å². The molecule has 0 saturated carbocycles. The number of ether oxygens (including phenoxy) is 1. The molecule has 0 aliphatic carbocycles. The summed E-state index contributed by atoms with van der Waals surface area (Å²) in [7, 11) is 0. The van der Waals surface area contributed by atoms with Gasteiger partial charge in [0.15, 0.2) is 11.5 Å². The zero-order valence-electron chi connectivity index (χ0n) is 7.83. The average molecular weight is 262 g/mol. The van der Waals surface area contributed by atoms with E-state index in [2.05, 4.69) is 21.2 Å². The normalized spacial score (nSPS) is 12.1. The summed E-state index contributed by atoms with van der Waals surface area (Å²) in [6.45, 7) is 0. The summed E-state index contributed by atoms with van der Waals surface area (Å²) in [5.74, 6) is 1.71. The molecule has 1 N–H and O–H groups in total. The second-order valence-electron chi connectivity index (χ2n) is 3.36. The van der Waals surface area contributed by atoms with Crippen LogP contribution in [0.2, 0.25) is 0 Å². The van der Waals surface area contributed by atoms with Crippen LogP contribution in [0.25, 0.3) is 0 Å². The average Bonchev–Trinajstić information content (AvgIpc) is 2.26. The van der Waals surface area contributed by atoms with Crippen molar-refractivity contribution in [2.24, 2.45) is 0 Å². The molecular formula is C12H8BrNO. The molecular weight excluding hydrogens is 254 g/mol. The number of anilines is 2. The molecule has 0 saturated heterocycles. The highest BCUT2D eigenvalue weighted by Gasteiger charge is 2.15. The first-order chi connectivity index (χ1) is 7.33. The van der Waals surface area contributed by atoms with Gasteiger partial charge in [0.05, 0.1) is 11.4 Å². The fourth-order valence-corrected chi connectivity index (χ4v) is 1.95. The topological polar surface area (TPSA) is 21.3 Å². The van der Waals surface area contributed by atoms with Crippen LogP contribution in [-0.2, 0) is 0 Å². The molecule has 2 aromatic carbocycles. The summed E-state index contributed by atoms with van der Waals surface area (Å²) in [6, 6.07) is 13.8. The molecule has 0 amide bonds. The Morgan fingerprint density at radius 1 is 0.933 bits per heavy atom. The van der Waals surface area contributed by atoms with E-state index in [1.165, 1.54) is 0 Å². The second kappa shape index (κ2) is 3.28. The van der Waals surface area contributed by atoms with Crippen molar-refractivity contribution in [2.75, 3.05) is 5.32 Å². The van der Waals surface area contributed by atoms with Crippen LogP contribution in [0.5, 0.6) is 11.5 Å². The number of fused-ring (bicyclic) bond motifs is 2. The minimum absolute atomic E-state index is 0.850. The van der Waals surface area contributed by atoms with Crippen LogP contribution in [0, 0.1) is 0 Å². The van der Waals surface area contributed by atoms with Gasteiger partial charge in [0.25, 0.3) is 0 Å². The molecule has 0 bridgehead atoms.